The second-order valence-electron chi connectivity index (χ2n) is 3.37. The number of rotatable bonds is 5. The number of hydrogen-bond acceptors (Lipinski definition) is 3. The summed E-state index contributed by atoms with van der Waals surface area (Å²) in [6, 6.07) is 2.21. The number of imidazole rings is 1. The van der Waals surface area contributed by atoms with E-state index in [1.807, 2.05) is 6.92 Å². The quantitative estimate of drug-likeness (QED) is 0.662. The number of fused-ring (bicyclic) bond motifs is 1. The molecule has 0 fully saturated rings. The minimum Gasteiger partial charge on any atom is -0.381 e. The molecule has 1 N–H and O–H groups in total. The van der Waals surface area contributed by atoms with Gasteiger partial charge in [0.25, 0.3) is 0 Å². The molecule has 2 aromatic rings. The molecule has 0 spiro atoms. The highest BCUT2D eigenvalue weighted by molar-refractivity contribution is 7.99. The molecule has 0 amide bonds. The van der Waals surface area contributed by atoms with Crippen LogP contribution in [0.15, 0.2) is 17.3 Å². The maximum Gasteiger partial charge on any atom is 0.166 e. The van der Waals surface area contributed by atoms with E-state index in [1.54, 1.807) is 0 Å². The van der Waals surface area contributed by atoms with Gasteiger partial charge in [0.1, 0.15) is 0 Å². The van der Waals surface area contributed by atoms with Gasteiger partial charge in [0.2, 0.25) is 0 Å². The molecule has 0 radical (unpaired) electrons. The molecule has 92 valence electrons. The van der Waals surface area contributed by atoms with Crippen molar-refractivity contribution < 1.29 is 13.5 Å². The third kappa shape index (κ3) is 2.95. The standard InChI is InChI=1S/C11H12F2N2OS/c1-2-16-3-4-17-11-14-9-5-7(12)8(13)6-10(9)15-11/h5-6H,2-4H2,1H3,(H,14,15). The van der Waals surface area contributed by atoms with Crippen LogP contribution in [-0.2, 0) is 4.74 Å². The largest absolute Gasteiger partial charge is 0.381 e. The SMILES string of the molecule is CCOCCSc1nc2cc(F)c(F)cc2[nH]1. The van der Waals surface area contributed by atoms with Crippen LogP contribution in [0.4, 0.5) is 8.78 Å². The van der Waals surface area contributed by atoms with Crippen LogP contribution < -0.4 is 0 Å². The van der Waals surface area contributed by atoms with Gasteiger partial charge < -0.3 is 9.72 Å². The van der Waals surface area contributed by atoms with E-state index in [0.29, 0.717) is 29.4 Å². The van der Waals surface area contributed by atoms with E-state index in [4.69, 9.17) is 4.74 Å². The van der Waals surface area contributed by atoms with Crippen molar-refractivity contribution >= 4 is 22.8 Å². The van der Waals surface area contributed by atoms with Gasteiger partial charge in [0.05, 0.1) is 17.6 Å². The zero-order chi connectivity index (χ0) is 12.3. The van der Waals surface area contributed by atoms with Crippen LogP contribution in [-0.4, -0.2) is 28.9 Å². The Morgan fingerprint density at radius 1 is 1.35 bits per heavy atom. The van der Waals surface area contributed by atoms with Crippen molar-refractivity contribution in [3.63, 3.8) is 0 Å². The average Bonchev–Trinajstić information content (AvgIpc) is 2.67. The predicted molar refractivity (Wildman–Crippen MR) is 63.2 cm³/mol. The maximum atomic E-state index is 13.0. The van der Waals surface area contributed by atoms with Gasteiger partial charge in [-0.3, -0.25) is 0 Å². The van der Waals surface area contributed by atoms with E-state index in [0.717, 1.165) is 17.9 Å². The number of nitrogens with zero attached hydrogens (tertiary/aromatic N) is 1. The molecule has 0 saturated heterocycles. The van der Waals surface area contributed by atoms with Crippen molar-refractivity contribution in [2.24, 2.45) is 0 Å². The highest BCUT2D eigenvalue weighted by Gasteiger charge is 2.08. The second kappa shape index (κ2) is 5.46. The Morgan fingerprint density at radius 2 is 2.12 bits per heavy atom. The lowest BCUT2D eigenvalue weighted by Crippen LogP contribution is -1.95. The van der Waals surface area contributed by atoms with E-state index >= 15 is 0 Å². The van der Waals surface area contributed by atoms with Crippen LogP contribution in [0.3, 0.4) is 0 Å². The Hall–Kier alpha value is -1.14. The number of halogens is 2. The van der Waals surface area contributed by atoms with Gasteiger partial charge in [-0.05, 0) is 6.92 Å². The summed E-state index contributed by atoms with van der Waals surface area (Å²) in [6.45, 7) is 3.23. The fraction of sp³-hybridized carbons (Fsp3) is 0.364. The molecule has 1 heterocycles. The van der Waals surface area contributed by atoms with E-state index in [2.05, 4.69) is 9.97 Å². The number of aromatic nitrogens is 2. The smallest absolute Gasteiger partial charge is 0.166 e. The highest BCUT2D eigenvalue weighted by atomic mass is 32.2. The van der Waals surface area contributed by atoms with Crippen LogP contribution in [0.25, 0.3) is 11.0 Å². The fourth-order valence-corrected chi connectivity index (χ4v) is 2.13. The minimum absolute atomic E-state index is 0.433. The lowest BCUT2D eigenvalue weighted by atomic mass is 10.3. The number of H-pyrrole nitrogens is 1. The van der Waals surface area contributed by atoms with Gasteiger partial charge in [-0.1, -0.05) is 11.8 Å². The topological polar surface area (TPSA) is 37.9 Å². The highest BCUT2D eigenvalue weighted by Crippen LogP contribution is 2.21. The third-order valence-electron chi connectivity index (χ3n) is 2.17. The molecule has 0 saturated carbocycles. The van der Waals surface area contributed by atoms with Crippen molar-refractivity contribution in [1.82, 2.24) is 9.97 Å². The van der Waals surface area contributed by atoms with E-state index in [-0.39, 0.29) is 0 Å². The molecule has 0 bridgehead atoms. The number of ether oxygens (including phenoxy) is 1. The molecule has 2 rings (SSSR count). The maximum absolute atomic E-state index is 13.0. The van der Waals surface area contributed by atoms with Crippen molar-refractivity contribution in [3.05, 3.63) is 23.8 Å². The lowest BCUT2D eigenvalue weighted by molar-refractivity contribution is 0.164. The lowest BCUT2D eigenvalue weighted by Gasteiger charge is -1.97. The molecule has 0 aliphatic heterocycles. The van der Waals surface area contributed by atoms with E-state index in [1.165, 1.54) is 11.8 Å². The molecular formula is C11H12F2N2OS. The summed E-state index contributed by atoms with van der Waals surface area (Å²) >= 11 is 1.46. The molecule has 1 aromatic heterocycles. The summed E-state index contributed by atoms with van der Waals surface area (Å²) in [5.74, 6) is -1.000. The Bertz CT molecular complexity index is 476. The molecular weight excluding hydrogens is 246 g/mol. The van der Waals surface area contributed by atoms with Crippen LogP contribution in [0.2, 0.25) is 0 Å². The fourth-order valence-electron chi connectivity index (χ4n) is 1.39. The van der Waals surface area contributed by atoms with Crippen molar-refractivity contribution in [2.75, 3.05) is 19.0 Å². The summed E-state index contributed by atoms with van der Waals surface area (Å²) in [5.41, 5.74) is 0.936. The summed E-state index contributed by atoms with van der Waals surface area (Å²) in [5, 5.41) is 0.643. The van der Waals surface area contributed by atoms with Gasteiger partial charge in [-0.25, -0.2) is 13.8 Å². The van der Waals surface area contributed by atoms with Gasteiger partial charge in [-0.2, -0.15) is 0 Å². The summed E-state index contributed by atoms with van der Waals surface area (Å²) in [6.07, 6.45) is 0. The first-order valence-electron chi connectivity index (χ1n) is 5.26. The zero-order valence-electron chi connectivity index (χ0n) is 9.30. The zero-order valence-corrected chi connectivity index (χ0v) is 10.1. The van der Waals surface area contributed by atoms with Gasteiger partial charge in [-0.15, -0.1) is 0 Å². The van der Waals surface area contributed by atoms with Crippen LogP contribution in [0, 0.1) is 11.6 Å². The van der Waals surface area contributed by atoms with Crippen molar-refractivity contribution in [2.45, 2.75) is 12.1 Å². The molecule has 3 nitrogen and oxygen atoms in total. The molecule has 0 aliphatic rings. The number of nitrogens with one attached hydrogen (secondary N) is 1. The Labute approximate surface area is 102 Å². The first-order chi connectivity index (χ1) is 8.20. The monoisotopic (exact) mass is 258 g/mol. The second-order valence-corrected chi connectivity index (χ2v) is 4.45. The molecule has 6 heteroatoms. The number of benzene rings is 1. The van der Waals surface area contributed by atoms with Crippen molar-refractivity contribution in [3.8, 4) is 0 Å². The Kier molecular flexibility index (Phi) is 3.96. The number of hydrogen-bond donors (Lipinski definition) is 1. The van der Waals surface area contributed by atoms with Crippen LogP contribution in [0.5, 0.6) is 0 Å². The Morgan fingerprint density at radius 3 is 2.88 bits per heavy atom. The van der Waals surface area contributed by atoms with Gasteiger partial charge in [0, 0.05) is 24.5 Å². The summed E-state index contributed by atoms with van der Waals surface area (Å²) < 4.78 is 31.1. The molecule has 17 heavy (non-hydrogen) atoms. The molecule has 1 aromatic carbocycles. The van der Waals surface area contributed by atoms with Crippen molar-refractivity contribution in [1.29, 1.82) is 0 Å². The van der Waals surface area contributed by atoms with Gasteiger partial charge >= 0.3 is 0 Å². The van der Waals surface area contributed by atoms with Crippen LogP contribution >= 0.6 is 11.8 Å². The normalized spacial score (nSPS) is 11.2. The first kappa shape index (κ1) is 12.3. The third-order valence-corrected chi connectivity index (χ3v) is 3.01. The predicted octanol–water partition coefficient (Wildman–Crippen LogP) is 2.97. The molecule has 0 unspecified atom stereocenters. The van der Waals surface area contributed by atoms with Crippen LogP contribution in [0.1, 0.15) is 6.92 Å². The van der Waals surface area contributed by atoms with E-state index < -0.39 is 11.6 Å². The molecule has 0 atom stereocenters. The van der Waals surface area contributed by atoms with E-state index in [9.17, 15) is 8.78 Å². The minimum atomic E-state index is -0.880. The first-order valence-corrected chi connectivity index (χ1v) is 6.24. The summed E-state index contributed by atoms with van der Waals surface area (Å²) in [4.78, 5) is 7.09. The average molecular weight is 258 g/mol. The Balaban J connectivity index is 2.09. The van der Waals surface area contributed by atoms with Gasteiger partial charge in [0.15, 0.2) is 16.8 Å². The number of aromatic amines is 1. The molecule has 0 aliphatic carbocycles. The number of thioether (sulfide) groups is 1. The summed E-state index contributed by atoms with van der Waals surface area (Å²) in [7, 11) is 0.